The van der Waals surface area contributed by atoms with Crippen LogP contribution in [0.3, 0.4) is 0 Å². The third-order valence-corrected chi connectivity index (χ3v) is 2.90. The van der Waals surface area contributed by atoms with Gasteiger partial charge in [-0.15, -0.1) is 0 Å². The topological polar surface area (TPSA) is 110 Å². The molecule has 3 aromatic rings. The normalized spacial score (nSPS) is 10.3. The number of methoxy groups -OCH3 is 1. The van der Waals surface area contributed by atoms with E-state index in [0.717, 1.165) is 0 Å². The summed E-state index contributed by atoms with van der Waals surface area (Å²) in [5, 5.41) is 9.98. The van der Waals surface area contributed by atoms with Crippen LogP contribution in [0, 0.1) is 0 Å². The van der Waals surface area contributed by atoms with Crippen molar-refractivity contribution in [2.45, 2.75) is 0 Å². The lowest BCUT2D eigenvalue weighted by atomic mass is 10.3. The van der Waals surface area contributed by atoms with E-state index >= 15 is 0 Å². The van der Waals surface area contributed by atoms with Gasteiger partial charge in [0, 0.05) is 18.5 Å². The van der Waals surface area contributed by atoms with Crippen LogP contribution in [0.2, 0.25) is 0 Å². The Kier molecular flexibility index (Phi) is 3.88. The second-order valence-corrected chi connectivity index (χ2v) is 4.42. The number of H-pyrrole nitrogens is 1. The second-order valence-electron chi connectivity index (χ2n) is 4.42. The van der Waals surface area contributed by atoms with Crippen molar-refractivity contribution in [1.82, 2.24) is 19.9 Å². The highest BCUT2D eigenvalue weighted by Crippen LogP contribution is 2.28. The molecule has 0 amide bonds. The molecular weight excluding hydrogens is 300 g/mol. The van der Waals surface area contributed by atoms with Crippen LogP contribution in [0.25, 0.3) is 11.6 Å². The molecule has 23 heavy (non-hydrogen) atoms. The summed E-state index contributed by atoms with van der Waals surface area (Å²) in [5.41, 5.74) is -0.650. The Morgan fingerprint density at radius 1 is 1.13 bits per heavy atom. The van der Waals surface area contributed by atoms with Crippen LogP contribution in [0.1, 0.15) is 0 Å². The minimum absolute atomic E-state index is 0.0473. The molecule has 2 aromatic heterocycles. The van der Waals surface area contributed by atoms with E-state index in [4.69, 9.17) is 9.47 Å². The van der Waals surface area contributed by atoms with Crippen LogP contribution in [0.15, 0.2) is 47.5 Å². The van der Waals surface area contributed by atoms with Crippen molar-refractivity contribution in [2.24, 2.45) is 0 Å². The molecule has 0 aliphatic heterocycles. The highest BCUT2D eigenvalue weighted by Gasteiger charge is 2.15. The van der Waals surface area contributed by atoms with Gasteiger partial charge in [-0.05, 0) is 18.2 Å². The monoisotopic (exact) mass is 312 g/mol. The predicted molar refractivity (Wildman–Crippen MR) is 80.6 cm³/mol. The maximum atomic E-state index is 12.1. The summed E-state index contributed by atoms with van der Waals surface area (Å²) in [5.74, 6) is 0.243. The van der Waals surface area contributed by atoms with E-state index in [-0.39, 0.29) is 17.4 Å². The van der Waals surface area contributed by atoms with Gasteiger partial charge >= 0.3 is 0 Å². The Labute approximate surface area is 130 Å². The SMILES string of the molecule is COc1cccc(Oc2c(O)nc(-c3ncccn3)[nH]c2=O)c1. The summed E-state index contributed by atoms with van der Waals surface area (Å²) in [4.78, 5) is 26.4. The molecule has 3 rings (SSSR count). The van der Waals surface area contributed by atoms with Crippen LogP contribution in [-0.2, 0) is 0 Å². The van der Waals surface area contributed by atoms with Crippen molar-refractivity contribution in [3.8, 4) is 34.8 Å². The Morgan fingerprint density at radius 2 is 1.87 bits per heavy atom. The summed E-state index contributed by atoms with van der Waals surface area (Å²) in [6, 6.07) is 8.24. The zero-order valence-corrected chi connectivity index (χ0v) is 12.1. The van der Waals surface area contributed by atoms with Crippen LogP contribution >= 0.6 is 0 Å². The van der Waals surface area contributed by atoms with Gasteiger partial charge in [-0.25, -0.2) is 9.97 Å². The molecule has 0 bridgehead atoms. The minimum atomic E-state index is -0.650. The largest absolute Gasteiger partial charge is 0.497 e. The number of nitrogens with zero attached hydrogens (tertiary/aromatic N) is 3. The molecule has 0 atom stereocenters. The molecule has 8 heteroatoms. The smallest absolute Gasteiger partial charge is 0.298 e. The lowest BCUT2D eigenvalue weighted by molar-refractivity contribution is 0.384. The fraction of sp³-hybridized carbons (Fsp3) is 0.0667. The predicted octanol–water partition coefficient (Wildman–Crippen LogP) is 1.73. The number of aromatic nitrogens is 4. The van der Waals surface area contributed by atoms with E-state index in [1.807, 2.05) is 0 Å². The molecule has 0 aliphatic carbocycles. The van der Waals surface area contributed by atoms with Crippen LogP contribution < -0.4 is 15.0 Å². The number of hydrogen-bond donors (Lipinski definition) is 2. The Hall–Kier alpha value is -3.42. The average Bonchev–Trinajstić information content (AvgIpc) is 2.59. The number of benzene rings is 1. The number of aromatic hydroxyl groups is 1. The fourth-order valence-electron chi connectivity index (χ4n) is 1.85. The van der Waals surface area contributed by atoms with E-state index in [1.54, 1.807) is 30.3 Å². The molecule has 0 unspecified atom stereocenters. The number of aromatic amines is 1. The molecule has 2 heterocycles. The van der Waals surface area contributed by atoms with E-state index in [2.05, 4.69) is 19.9 Å². The van der Waals surface area contributed by atoms with Gasteiger partial charge < -0.3 is 19.6 Å². The quantitative estimate of drug-likeness (QED) is 0.754. The first-order chi connectivity index (χ1) is 11.2. The molecule has 0 radical (unpaired) electrons. The number of rotatable bonds is 4. The minimum Gasteiger partial charge on any atom is -0.497 e. The number of hydrogen-bond acceptors (Lipinski definition) is 7. The van der Waals surface area contributed by atoms with Gasteiger partial charge in [0.1, 0.15) is 11.5 Å². The molecule has 1 aromatic carbocycles. The van der Waals surface area contributed by atoms with Crippen LogP contribution in [0.5, 0.6) is 23.1 Å². The molecule has 0 fully saturated rings. The summed E-state index contributed by atoms with van der Waals surface area (Å²) in [6.07, 6.45) is 3.00. The van der Waals surface area contributed by atoms with Gasteiger partial charge in [-0.1, -0.05) is 6.07 Å². The zero-order valence-electron chi connectivity index (χ0n) is 12.1. The lowest BCUT2D eigenvalue weighted by Gasteiger charge is -2.08. The molecule has 8 nitrogen and oxygen atoms in total. The first-order valence-corrected chi connectivity index (χ1v) is 6.60. The van der Waals surface area contributed by atoms with Crippen LogP contribution in [-0.4, -0.2) is 32.2 Å². The van der Waals surface area contributed by atoms with Gasteiger partial charge in [0.05, 0.1) is 7.11 Å². The highest BCUT2D eigenvalue weighted by atomic mass is 16.5. The van der Waals surface area contributed by atoms with Crippen LogP contribution in [0.4, 0.5) is 0 Å². The summed E-state index contributed by atoms with van der Waals surface area (Å²) >= 11 is 0. The Balaban J connectivity index is 1.96. The Morgan fingerprint density at radius 3 is 2.57 bits per heavy atom. The van der Waals surface area contributed by atoms with Gasteiger partial charge in [0.15, 0.2) is 11.6 Å². The average molecular weight is 312 g/mol. The molecule has 0 aliphatic rings. The maximum absolute atomic E-state index is 12.1. The van der Waals surface area contributed by atoms with Crippen molar-refractivity contribution >= 4 is 0 Å². The lowest BCUT2D eigenvalue weighted by Crippen LogP contribution is -2.12. The molecule has 2 N–H and O–H groups in total. The van der Waals surface area contributed by atoms with Gasteiger partial charge in [-0.3, -0.25) is 4.79 Å². The number of ether oxygens (including phenoxy) is 2. The third-order valence-electron chi connectivity index (χ3n) is 2.90. The first kappa shape index (κ1) is 14.5. The second kappa shape index (κ2) is 6.14. The van der Waals surface area contributed by atoms with E-state index in [1.165, 1.54) is 19.5 Å². The van der Waals surface area contributed by atoms with E-state index < -0.39 is 11.4 Å². The highest BCUT2D eigenvalue weighted by molar-refractivity contribution is 5.47. The van der Waals surface area contributed by atoms with Crippen molar-refractivity contribution in [2.75, 3.05) is 7.11 Å². The van der Waals surface area contributed by atoms with Crippen molar-refractivity contribution in [3.63, 3.8) is 0 Å². The van der Waals surface area contributed by atoms with Crippen molar-refractivity contribution in [1.29, 1.82) is 0 Å². The van der Waals surface area contributed by atoms with E-state index in [9.17, 15) is 9.90 Å². The van der Waals surface area contributed by atoms with Gasteiger partial charge in [0.25, 0.3) is 17.2 Å². The summed E-state index contributed by atoms with van der Waals surface area (Å²) in [7, 11) is 1.51. The molecule has 0 spiro atoms. The third kappa shape index (κ3) is 3.10. The molecule has 0 saturated carbocycles. The fourth-order valence-corrected chi connectivity index (χ4v) is 1.85. The van der Waals surface area contributed by atoms with Crippen molar-refractivity contribution < 1.29 is 14.6 Å². The molecular formula is C15H12N4O4. The molecule has 116 valence electrons. The first-order valence-electron chi connectivity index (χ1n) is 6.60. The number of nitrogens with one attached hydrogen (secondary N) is 1. The maximum Gasteiger partial charge on any atom is 0.298 e. The summed E-state index contributed by atoms with van der Waals surface area (Å²) in [6.45, 7) is 0. The zero-order chi connectivity index (χ0) is 16.2. The molecule has 0 saturated heterocycles. The van der Waals surface area contributed by atoms with E-state index in [0.29, 0.717) is 11.5 Å². The van der Waals surface area contributed by atoms with Gasteiger partial charge in [-0.2, -0.15) is 4.98 Å². The Bertz CT molecular complexity index is 880. The van der Waals surface area contributed by atoms with Crippen molar-refractivity contribution in [3.05, 3.63) is 53.1 Å². The standard InChI is InChI=1S/C15H12N4O4/c1-22-9-4-2-5-10(8-9)23-11-14(20)18-13(19-15(11)21)12-16-6-3-7-17-12/h2-8H,1H3,(H2,18,19,20,21). The summed E-state index contributed by atoms with van der Waals surface area (Å²) < 4.78 is 10.5. The van der Waals surface area contributed by atoms with Gasteiger partial charge in [0.2, 0.25) is 0 Å².